The smallest absolute Gasteiger partial charge is 0.223 e. The number of rotatable bonds is 7. The Labute approximate surface area is 160 Å². The zero-order valence-electron chi connectivity index (χ0n) is 15.9. The van der Waals surface area contributed by atoms with E-state index in [1.54, 1.807) is 11.3 Å². The molecule has 3 N–H and O–H groups in total. The van der Waals surface area contributed by atoms with E-state index in [0.717, 1.165) is 68.2 Å². The van der Waals surface area contributed by atoms with Crippen LogP contribution in [0, 0.1) is 5.92 Å². The topological polar surface area (TPSA) is 78.4 Å². The van der Waals surface area contributed by atoms with E-state index in [1.807, 2.05) is 0 Å². The van der Waals surface area contributed by atoms with Gasteiger partial charge in [-0.2, -0.15) is 0 Å². The van der Waals surface area contributed by atoms with E-state index in [-0.39, 0.29) is 11.8 Å². The number of amides is 1. The molecule has 144 valence electrons. The lowest BCUT2D eigenvalue weighted by molar-refractivity contribution is -0.126. The highest BCUT2D eigenvalue weighted by Gasteiger charge is 2.31. The maximum atomic E-state index is 12.4. The molecular weight excluding hydrogens is 346 g/mol. The molecule has 2 atom stereocenters. The van der Waals surface area contributed by atoms with E-state index < -0.39 is 0 Å². The van der Waals surface area contributed by atoms with Crippen molar-refractivity contribution in [3.63, 3.8) is 0 Å². The van der Waals surface area contributed by atoms with Crippen LogP contribution in [0.5, 0.6) is 0 Å². The fourth-order valence-corrected chi connectivity index (χ4v) is 4.10. The molecule has 2 aliphatic carbocycles. The third-order valence-electron chi connectivity index (χ3n) is 4.95. The van der Waals surface area contributed by atoms with Gasteiger partial charge in [0.15, 0.2) is 5.96 Å². The summed E-state index contributed by atoms with van der Waals surface area (Å²) >= 11 is 1.70. The quantitative estimate of drug-likeness (QED) is 0.504. The van der Waals surface area contributed by atoms with Crippen LogP contribution in [0.3, 0.4) is 0 Å². The van der Waals surface area contributed by atoms with Gasteiger partial charge in [-0.3, -0.25) is 4.79 Å². The molecule has 1 aromatic heterocycles. The number of carbonyl (C=O) groups is 1. The van der Waals surface area contributed by atoms with E-state index in [9.17, 15) is 4.79 Å². The van der Waals surface area contributed by atoms with Crippen LogP contribution in [0.15, 0.2) is 10.4 Å². The third-order valence-corrected chi connectivity index (χ3v) is 6.00. The molecule has 7 heteroatoms. The lowest BCUT2D eigenvalue weighted by Crippen LogP contribution is -2.47. The summed E-state index contributed by atoms with van der Waals surface area (Å²) in [4.78, 5) is 21.6. The summed E-state index contributed by atoms with van der Waals surface area (Å²) < 4.78 is 0. The average molecular weight is 378 g/mol. The lowest BCUT2D eigenvalue weighted by atomic mass is 9.85. The minimum Gasteiger partial charge on any atom is -0.357 e. The maximum absolute atomic E-state index is 12.4. The monoisotopic (exact) mass is 377 g/mol. The first kappa shape index (κ1) is 19.1. The predicted molar refractivity (Wildman–Crippen MR) is 106 cm³/mol. The fourth-order valence-electron chi connectivity index (χ4n) is 3.36. The molecule has 0 radical (unpaired) electrons. The second-order valence-electron chi connectivity index (χ2n) is 7.27. The Hall–Kier alpha value is -1.63. The molecule has 3 rings (SSSR count). The number of nitrogens with one attached hydrogen (secondary N) is 3. The van der Waals surface area contributed by atoms with E-state index in [1.165, 1.54) is 0 Å². The highest BCUT2D eigenvalue weighted by atomic mass is 32.1. The molecule has 1 aromatic rings. The first-order valence-electron chi connectivity index (χ1n) is 9.96. The number of carbonyl (C=O) groups excluding carboxylic acids is 1. The molecule has 1 heterocycles. The minimum absolute atomic E-state index is 0.135. The van der Waals surface area contributed by atoms with Crippen LogP contribution in [-0.4, -0.2) is 35.5 Å². The third kappa shape index (κ3) is 5.69. The first-order valence-corrected chi connectivity index (χ1v) is 10.8. The molecule has 2 unspecified atom stereocenters. The van der Waals surface area contributed by atoms with E-state index in [2.05, 4.69) is 40.2 Å². The summed E-state index contributed by atoms with van der Waals surface area (Å²) in [6.45, 7) is 5.60. The Morgan fingerprint density at radius 2 is 2.08 bits per heavy atom. The van der Waals surface area contributed by atoms with Crippen molar-refractivity contribution in [3.8, 4) is 0 Å². The van der Waals surface area contributed by atoms with Crippen molar-refractivity contribution in [2.45, 2.75) is 77.4 Å². The summed E-state index contributed by atoms with van der Waals surface area (Å²) in [5, 5.41) is 13.3. The van der Waals surface area contributed by atoms with Gasteiger partial charge in [0.2, 0.25) is 5.91 Å². The Morgan fingerprint density at radius 1 is 1.23 bits per heavy atom. The second kappa shape index (κ2) is 9.35. The zero-order chi connectivity index (χ0) is 18.4. The standard InChI is InChI=1S/C19H31N5OS/c1-3-17-22-16(12-26-17)11-21-19(20-4-2)24-15-7-5-6-13(10-15)18(25)23-14-8-9-14/h12-15H,3-11H2,1-2H3,(H,23,25)(H2,20,21,24). The first-order chi connectivity index (χ1) is 12.7. The van der Waals surface area contributed by atoms with Gasteiger partial charge in [-0.15, -0.1) is 11.3 Å². The van der Waals surface area contributed by atoms with Gasteiger partial charge in [0.25, 0.3) is 0 Å². The van der Waals surface area contributed by atoms with Gasteiger partial charge in [-0.05, 0) is 45.4 Å². The van der Waals surface area contributed by atoms with Crippen molar-refractivity contribution in [1.29, 1.82) is 0 Å². The Kier molecular flexibility index (Phi) is 6.88. The van der Waals surface area contributed by atoms with E-state index in [4.69, 9.17) is 4.99 Å². The molecule has 2 saturated carbocycles. The number of aryl methyl sites for hydroxylation is 1. The molecular formula is C19H31N5OS. The van der Waals surface area contributed by atoms with Gasteiger partial charge in [0.1, 0.15) is 0 Å². The normalized spacial score (nSPS) is 23.5. The van der Waals surface area contributed by atoms with Gasteiger partial charge in [-0.25, -0.2) is 9.98 Å². The van der Waals surface area contributed by atoms with Crippen LogP contribution >= 0.6 is 11.3 Å². The summed E-state index contributed by atoms with van der Waals surface area (Å²) in [5.41, 5.74) is 1.02. The molecule has 0 aromatic carbocycles. The SMILES string of the molecule is CCNC(=NCc1csc(CC)n1)NC1CCCC(C(=O)NC2CC2)C1. The largest absolute Gasteiger partial charge is 0.357 e. The zero-order valence-corrected chi connectivity index (χ0v) is 16.7. The van der Waals surface area contributed by atoms with Crippen LogP contribution in [0.1, 0.15) is 63.1 Å². The number of thiazole rings is 1. The fraction of sp³-hybridized carbons (Fsp3) is 0.737. The Morgan fingerprint density at radius 3 is 2.77 bits per heavy atom. The van der Waals surface area contributed by atoms with Crippen molar-refractivity contribution in [1.82, 2.24) is 20.9 Å². The predicted octanol–water partition coefficient (Wildman–Crippen LogP) is 2.60. The molecule has 6 nitrogen and oxygen atoms in total. The van der Waals surface area contributed by atoms with Crippen molar-refractivity contribution in [2.75, 3.05) is 6.54 Å². The van der Waals surface area contributed by atoms with Crippen LogP contribution in [-0.2, 0) is 17.8 Å². The number of hydrogen-bond acceptors (Lipinski definition) is 4. The molecule has 0 saturated heterocycles. The highest BCUT2D eigenvalue weighted by molar-refractivity contribution is 7.09. The summed E-state index contributed by atoms with van der Waals surface area (Å²) in [5.74, 6) is 1.21. The number of aliphatic imine (C=N–C) groups is 1. The molecule has 1 amide bonds. The molecule has 0 aliphatic heterocycles. The molecule has 26 heavy (non-hydrogen) atoms. The average Bonchev–Trinajstić information content (AvgIpc) is 3.34. The summed E-state index contributed by atoms with van der Waals surface area (Å²) in [6.07, 6.45) is 7.34. The highest BCUT2D eigenvalue weighted by Crippen LogP contribution is 2.26. The molecule has 0 bridgehead atoms. The number of guanidine groups is 1. The van der Waals surface area contributed by atoms with Gasteiger partial charge >= 0.3 is 0 Å². The molecule has 2 fully saturated rings. The van der Waals surface area contributed by atoms with Gasteiger partial charge in [0, 0.05) is 29.9 Å². The van der Waals surface area contributed by atoms with Crippen molar-refractivity contribution in [2.24, 2.45) is 10.9 Å². The Bertz CT molecular complexity index is 625. The van der Waals surface area contributed by atoms with E-state index in [0.29, 0.717) is 18.6 Å². The minimum atomic E-state index is 0.135. The van der Waals surface area contributed by atoms with Crippen LogP contribution in [0.4, 0.5) is 0 Å². The summed E-state index contributed by atoms with van der Waals surface area (Å²) in [6, 6.07) is 0.749. The van der Waals surface area contributed by atoms with Gasteiger partial charge in [0.05, 0.1) is 17.2 Å². The van der Waals surface area contributed by atoms with Gasteiger partial charge in [-0.1, -0.05) is 13.3 Å². The number of nitrogens with zero attached hydrogens (tertiary/aromatic N) is 2. The van der Waals surface area contributed by atoms with E-state index >= 15 is 0 Å². The van der Waals surface area contributed by atoms with Gasteiger partial charge < -0.3 is 16.0 Å². The van der Waals surface area contributed by atoms with Crippen molar-refractivity contribution >= 4 is 23.2 Å². The molecule has 2 aliphatic rings. The van der Waals surface area contributed by atoms with Crippen molar-refractivity contribution in [3.05, 3.63) is 16.1 Å². The number of hydrogen-bond donors (Lipinski definition) is 3. The van der Waals surface area contributed by atoms with Crippen LogP contribution in [0.2, 0.25) is 0 Å². The van der Waals surface area contributed by atoms with Crippen molar-refractivity contribution < 1.29 is 4.79 Å². The maximum Gasteiger partial charge on any atom is 0.223 e. The molecule has 0 spiro atoms. The second-order valence-corrected chi connectivity index (χ2v) is 8.21. The summed E-state index contributed by atoms with van der Waals surface area (Å²) in [7, 11) is 0. The number of aromatic nitrogens is 1. The lowest BCUT2D eigenvalue weighted by Gasteiger charge is -2.30. The van der Waals surface area contributed by atoms with Crippen LogP contribution in [0.25, 0.3) is 0 Å². The Balaban J connectivity index is 1.53. The van der Waals surface area contributed by atoms with Crippen LogP contribution < -0.4 is 16.0 Å².